The number of halogens is 2. The van der Waals surface area contributed by atoms with Gasteiger partial charge in [0.15, 0.2) is 17.0 Å². The number of aliphatic carboxylic acids is 2. The van der Waals surface area contributed by atoms with Crippen molar-refractivity contribution < 1.29 is 28.6 Å². The predicted octanol–water partition coefficient (Wildman–Crippen LogP) is 5.10. The molecule has 1 aromatic carbocycles. The van der Waals surface area contributed by atoms with E-state index in [4.69, 9.17) is 10.2 Å². The Morgan fingerprint density at radius 2 is 1.39 bits per heavy atom. The lowest BCUT2D eigenvalue weighted by molar-refractivity contribution is -0.173. The van der Waals surface area contributed by atoms with Gasteiger partial charge in [0.25, 0.3) is 0 Å². The number of carboxylic acids is 2. The van der Waals surface area contributed by atoms with Crippen LogP contribution in [0.25, 0.3) is 0 Å². The van der Waals surface area contributed by atoms with Crippen LogP contribution in [-0.2, 0) is 22.4 Å². The second-order valence-electron chi connectivity index (χ2n) is 8.74. The maximum atomic E-state index is 14.4. The van der Waals surface area contributed by atoms with Gasteiger partial charge in [-0.15, -0.1) is 0 Å². The normalized spacial score (nSPS) is 15.6. The first-order chi connectivity index (χ1) is 14.8. The predicted molar refractivity (Wildman–Crippen MR) is 115 cm³/mol. The van der Waals surface area contributed by atoms with E-state index in [9.17, 15) is 18.4 Å². The molecule has 31 heavy (non-hydrogen) atoms. The molecule has 174 valence electrons. The standard InChI is InChI=1S/C24H35F2NO4/c1-2-3-4-5-6-7-8-9-10-17-11-12-18(21(26)20(17)25)13-14-27-19-15-24(16-19,22(28)29)23(30)31/h11-12,19,27H,2-10,13-16H2,1H3,(H,28,29)(H,30,31). The minimum atomic E-state index is -1.73. The van der Waals surface area contributed by atoms with Gasteiger partial charge in [0.1, 0.15) is 0 Å². The van der Waals surface area contributed by atoms with Crippen LogP contribution in [0.4, 0.5) is 8.78 Å². The highest BCUT2D eigenvalue weighted by Gasteiger charge is 2.56. The fourth-order valence-corrected chi connectivity index (χ4v) is 4.24. The van der Waals surface area contributed by atoms with E-state index in [1.807, 2.05) is 0 Å². The summed E-state index contributed by atoms with van der Waals surface area (Å²) in [6.45, 7) is 2.52. The van der Waals surface area contributed by atoms with Gasteiger partial charge >= 0.3 is 11.9 Å². The third-order valence-electron chi connectivity index (χ3n) is 6.38. The van der Waals surface area contributed by atoms with Crippen molar-refractivity contribution in [1.29, 1.82) is 0 Å². The van der Waals surface area contributed by atoms with Crippen molar-refractivity contribution in [2.45, 2.75) is 90.0 Å². The minimum absolute atomic E-state index is 0.00789. The second-order valence-corrected chi connectivity index (χ2v) is 8.74. The van der Waals surface area contributed by atoms with E-state index in [1.54, 1.807) is 12.1 Å². The molecule has 0 atom stereocenters. The van der Waals surface area contributed by atoms with Crippen LogP contribution in [0.3, 0.4) is 0 Å². The summed E-state index contributed by atoms with van der Waals surface area (Å²) in [7, 11) is 0. The van der Waals surface area contributed by atoms with Crippen molar-refractivity contribution in [2.24, 2.45) is 5.41 Å². The number of nitrogens with one attached hydrogen (secondary N) is 1. The van der Waals surface area contributed by atoms with Crippen LogP contribution >= 0.6 is 0 Å². The SMILES string of the molecule is CCCCCCCCCCc1ccc(CCNC2CC(C(=O)O)(C(=O)O)C2)c(F)c1F. The number of hydrogen-bond acceptors (Lipinski definition) is 3. The molecule has 0 saturated heterocycles. The van der Waals surface area contributed by atoms with Gasteiger partial charge in [-0.3, -0.25) is 9.59 Å². The van der Waals surface area contributed by atoms with E-state index < -0.39 is 29.0 Å². The molecule has 0 heterocycles. The number of rotatable bonds is 15. The molecule has 0 radical (unpaired) electrons. The van der Waals surface area contributed by atoms with Crippen LogP contribution in [0, 0.1) is 17.0 Å². The van der Waals surface area contributed by atoms with Gasteiger partial charge in [-0.05, 0) is 49.8 Å². The van der Waals surface area contributed by atoms with Gasteiger partial charge in [0.2, 0.25) is 0 Å². The number of carbonyl (C=O) groups is 2. The number of unbranched alkanes of at least 4 members (excludes halogenated alkanes) is 7. The molecule has 3 N–H and O–H groups in total. The van der Waals surface area contributed by atoms with E-state index >= 15 is 0 Å². The highest BCUT2D eigenvalue weighted by atomic mass is 19.2. The van der Waals surface area contributed by atoms with Crippen molar-refractivity contribution in [3.05, 3.63) is 34.9 Å². The van der Waals surface area contributed by atoms with Gasteiger partial charge in [-0.1, -0.05) is 64.0 Å². The van der Waals surface area contributed by atoms with Gasteiger partial charge in [-0.2, -0.15) is 0 Å². The lowest BCUT2D eigenvalue weighted by Crippen LogP contribution is -2.57. The Bertz CT molecular complexity index is 731. The average molecular weight is 440 g/mol. The molecule has 0 amide bonds. The molecular weight excluding hydrogens is 404 g/mol. The fourth-order valence-electron chi connectivity index (χ4n) is 4.24. The van der Waals surface area contributed by atoms with Crippen molar-refractivity contribution in [3.63, 3.8) is 0 Å². The van der Waals surface area contributed by atoms with Crippen LogP contribution in [0.5, 0.6) is 0 Å². The van der Waals surface area contributed by atoms with E-state index in [-0.39, 0.29) is 30.9 Å². The lowest BCUT2D eigenvalue weighted by Gasteiger charge is -2.41. The summed E-state index contributed by atoms with van der Waals surface area (Å²) >= 11 is 0. The summed E-state index contributed by atoms with van der Waals surface area (Å²) in [6.07, 6.45) is 9.99. The third-order valence-corrected chi connectivity index (χ3v) is 6.38. The molecule has 0 spiro atoms. The summed E-state index contributed by atoms with van der Waals surface area (Å²) in [4.78, 5) is 22.3. The van der Waals surface area contributed by atoms with Gasteiger partial charge < -0.3 is 15.5 Å². The molecule has 1 aliphatic carbocycles. The zero-order valence-corrected chi connectivity index (χ0v) is 18.4. The van der Waals surface area contributed by atoms with E-state index in [1.165, 1.54) is 32.1 Å². The monoisotopic (exact) mass is 439 g/mol. The van der Waals surface area contributed by atoms with Crippen molar-refractivity contribution >= 4 is 11.9 Å². The Balaban J connectivity index is 1.71. The Hall–Kier alpha value is -2.02. The van der Waals surface area contributed by atoms with Gasteiger partial charge in [0.05, 0.1) is 0 Å². The summed E-state index contributed by atoms with van der Waals surface area (Å²) < 4.78 is 28.8. The number of aryl methyl sites for hydroxylation is 1. The Morgan fingerprint density at radius 3 is 1.90 bits per heavy atom. The van der Waals surface area contributed by atoms with Gasteiger partial charge in [0, 0.05) is 6.04 Å². The summed E-state index contributed by atoms with van der Waals surface area (Å²) in [5.74, 6) is -4.27. The number of carboxylic acid groups (broad SMARTS) is 2. The summed E-state index contributed by atoms with van der Waals surface area (Å²) in [6, 6.07) is 3.01. The number of hydrogen-bond donors (Lipinski definition) is 3. The third kappa shape index (κ3) is 6.73. The average Bonchev–Trinajstić information content (AvgIpc) is 2.69. The fraction of sp³-hybridized carbons (Fsp3) is 0.667. The highest BCUT2D eigenvalue weighted by molar-refractivity contribution is 5.99. The van der Waals surface area contributed by atoms with E-state index in [2.05, 4.69) is 12.2 Å². The Labute approximate surface area is 183 Å². The van der Waals surface area contributed by atoms with Gasteiger partial charge in [-0.25, -0.2) is 8.78 Å². The molecule has 2 rings (SSSR count). The minimum Gasteiger partial charge on any atom is -0.480 e. The second kappa shape index (κ2) is 12.1. The zero-order chi connectivity index (χ0) is 22.9. The largest absolute Gasteiger partial charge is 0.480 e. The Kier molecular flexibility index (Phi) is 9.88. The molecule has 1 fully saturated rings. The molecule has 1 aromatic rings. The van der Waals surface area contributed by atoms with Crippen LogP contribution < -0.4 is 5.32 Å². The maximum absolute atomic E-state index is 14.4. The Morgan fingerprint density at radius 1 is 0.903 bits per heavy atom. The summed E-state index contributed by atoms with van der Waals surface area (Å²) in [5, 5.41) is 21.3. The topological polar surface area (TPSA) is 86.6 Å². The summed E-state index contributed by atoms with van der Waals surface area (Å²) in [5.41, 5.74) is -1.05. The lowest BCUT2D eigenvalue weighted by atomic mass is 9.65. The molecule has 5 nitrogen and oxygen atoms in total. The smallest absolute Gasteiger partial charge is 0.321 e. The van der Waals surface area contributed by atoms with E-state index in [0.29, 0.717) is 18.5 Å². The van der Waals surface area contributed by atoms with Crippen LogP contribution in [-0.4, -0.2) is 34.7 Å². The molecule has 0 aliphatic heterocycles. The first-order valence-electron chi connectivity index (χ1n) is 11.5. The molecule has 1 saturated carbocycles. The van der Waals surface area contributed by atoms with Crippen LogP contribution in [0.1, 0.15) is 82.3 Å². The molecule has 0 unspecified atom stereocenters. The molecule has 7 heteroatoms. The molecule has 1 aliphatic rings. The maximum Gasteiger partial charge on any atom is 0.321 e. The highest BCUT2D eigenvalue weighted by Crippen LogP contribution is 2.41. The van der Waals surface area contributed by atoms with Crippen molar-refractivity contribution in [1.82, 2.24) is 5.32 Å². The first-order valence-corrected chi connectivity index (χ1v) is 11.5. The number of benzene rings is 1. The van der Waals surface area contributed by atoms with E-state index in [0.717, 1.165) is 19.3 Å². The van der Waals surface area contributed by atoms with Crippen LogP contribution in [0.15, 0.2) is 12.1 Å². The molecule has 0 aromatic heterocycles. The van der Waals surface area contributed by atoms with Crippen molar-refractivity contribution in [2.75, 3.05) is 6.54 Å². The molecular formula is C24H35F2NO4. The van der Waals surface area contributed by atoms with Crippen molar-refractivity contribution in [3.8, 4) is 0 Å². The quantitative estimate of drug-likeness (QED) is 0.262. The van der Waals surface area contributed by atoms with Crippen LogP contribution in [0.2, 0.25) is 0 Å². The zero-order valence-electron chi connectivity index (χ0n) is 18.4. The molecule has 0 bridgehead atoms. The first kappa shape index (κ1) is 25.2.